The number of hydrogen-bond donors (Lipinski definition) is 0. The van der Waals surface area contributed by atoms with Crippen LogP contribution in [0.5, 0.6) is 0 Å². The Morgan fingerprint density at radius 2 is 2.05 bits per heavy atom. The third kappa shape index (κ3) is 3.46. The standard InChI is InChI=1S/C13H16ClN3O3/c1-20-11(18)9-16-5-7-17(8-6-16)13(19)10-3-2-4-15-12(10)14/h2-4H,5-9H2,1H3. The second-order valence-electron chi connectivity index (χ2n) is 4.49. The van der Waals surface area contributed by atoms with Crippen LogP contribution in [0, 0.1) is 0 Å². The van der Waals surface area contributed by atoms with Gasteiger partial charge in [-0.25, -0.2) is 4.98 Å². The lowest BCUT2D eigenvalue weighted by molar-refractivity contribution is -0.142. The van der Waals surface area contributed by atoms with Crippen LogP contribution in [0.3, 0.4) is 0 Å². The molecule has 1 saturated heterocycles. The molecule has 1 fully saturated rings. The maximum Gasteiger partial charge on any atom is 0.319 e. The van der Waals surface area contributed by atoms with Crippen LogP contribution in [0.2, 0.25) is 5.15 Å². The van der Waals surface area contributed by atoms with Gasteiger partial charge in [0.25, 0.3) is 5.91 Å². The second kappa shape index (κ2) is 6.67. The summed E-state index contributed by atoms with van der Waals surface area (Å²) >= 11 is 5.92. The molecule has 0 radical (unpaired) electrons. The van der Waals surface area contributed by atoms with E-state index in [2.05, 4.69) is 9.72 Å². The van der Waals surface area contributed by atoms with Crippen molar-refractivity contribution in [1.29, 1.82) is 0 Å². The normalized spacial score (nSPS) is 16.0. The molecule has 0 bridgehead atoms. The molecule has 1 aliphatic heterocycles. The number of hydrogen-bond acceptors (Lipinski definition) is 5. The minimum absolute atomic E-state index is 0.124. The molecule has 0 spiro atoms. The van der Waals surface area contributed by atoms with E-state index in [9.17, 15) is 9.59 Å². The number of carbonyl (C=O) groups excluding carboxylic acids is 2. The molecule has 1 amide bonds. The Kier molecular flexibility index (Phi) is 4.92. The zero-order valence-corrected chi connectivity index (χ0v) is 12.0. The molecule has 20 heavy (non-hydrogen) atoms. The summed E-state index contributed by atoms with van der Waals surface area (Å²) < 4.78 is 4.63. The molecule has 108 valence electrons. The highest BCUT2D eigenvalue weighted by Gasteiger charge is 2.24. The first-order valence-corrected chi connectivity index (χ1v) is 6.68. The molecule has 2 rings (SSSR count). The van der Waals surface area contributed by atoms with Crippen LogP contribution < -0.4 is 0 Å². The predicted molar refractivity (Wildman–Crippen MR) is 73.6 cm³/mol. The number of nitrogens with zero attached hydrogens (tertiary/aromatic N) is 3. The summed E-state index contributed by atoms with van der Waals surface area (Å²) in [6, 6.07) is 3.35. The van der Waals surface area contributed by atoms with Gasteiger partial charge in [-0.15, -0.1) is 0 Å². The molecular weight excluding hydrogens is 282 g/mol. The summed E-state index contributed by atoms with van der Waals surface area (Å²) in [5.41, 5.74) is 0.413. The fourth-order valence-electron chi connectivity index (χ4n) is 2.07. The highest BCUT2D eigenvalue weighted by Crippen LogP contribution is 2.15. The average molecular weight is 298 g/mol. The second-order valence-corrected chi connectivity index (χ2v) is 4.84. The van der Waals surface area contributed by atoms with Crippen LogP contribution >= 0.6 is 11.6 Å². The van der Waals surface area contributed by atoms with Gasteiger partial charge in [0.1, 0.15) is 5.15 Å². The molecule has 1 aromatic heterocycles. The maximum absolute atomic E-state index is 12.3. The minimum Gasteiger partial charge on any atom is -0.468 e. The van der Waals surface area contributed by atoms with E-state index >= 15 is 0 Å². The summed E-state index contributed by atoms with van der Waals surface area (Å²) in [5, 5.41) is 0.217. The topological polar surface area (TPSA) is 62.7 Å². The van der Waals surface area contributed by atoms with E-state index in [1.165, 1.54) is 7.11 Å². The van der Waals surface area contributed by atoms with Crippen LogP contribution in [-0.4, -0.2) is 66.5 Å². The molecule has 0 unspecified atom stereocenters. The average Bonchev–Trinajstić information content (AvgIpc) is 2.47. The lowest BCUT2D eigenvalue weighted by atomic mass is 10.2. The number of methoxy groups -OCH3 is 1. The Morgan fingerprint density at radius 3 is 2.65 bits per heavy atom. The molecule has 2 heterocycles. The van der Waals surface area contributed by atoms with Crippen molar-refractivity contribution in [2.45, 2.75) is 0 Å². The Balaban J connectivity index is 1.92. The molecule has 0 atom stereocenters. The Labute approximate surface area is 122 Å². The fraction of sp³-hybridized carbons (Fsp3) is 0.462. The largest absolute Gasteiger partial charge is 0.468 e. The summed E-state index contributed by atoms with van der Waals surface area (Å²) in [5.74, 6) is -0.388. The molecular formula is C13H16ClN3O3. The molecule has 0 N–H and O–H groups in total. The summed E-state index contributed by atoms with van der Waals surface area (Å²) in [7, 11) is 1.37. The first-order valence-electron chi connectivity index (χ1n) is 6.31. The molecule has 1 aliphatic rings. The van der Waals surface area contributed by atoms with Crippen LogP contribution in [0.25, 0.3) is 0 Å². The van der Waals surface area contributed by atoms with E-state index in [0.717, 1.165) is 0 Å². The molecule has 7 heteroatoms. The number of aromatic nitrogens is 1. The minimum atomic E-state index is -0.264. The van der Waals surface area contributed by atoms with Gasteiger partial charge in [0.05, 0.1) is 19.2 Å². The number of carbonyl (C=O) groups is 2. The fourth-order valence-corrected chi connectivity index (χ4v) is 2.27. The van der Waals surface area contributed by atoms with Crippen molar-refractivity contribution in [3.63, 3.8) is 0 Å². The van der Waals surface area contributed by atoms with Crippen LogP contribution in [0.4, 0.5) is 0 Å². The Morgan fingerprint density at radius 1 is 1.35 bits per heavy atom. The monoisotopic (exact) mass is 297 g/mol. The van der Waals surface area contributed by atoms with Crippen molar-refractivity contribution in [1.82, 2.24) is 14.8 Å². The number of halogens is 1. The highest BCUT2D eigenvalue weighted by molar-refractivity contribution is 6.32. The summed E-state index contributed by atoms with van der Waals surface area (Å²) in [6.45, 7) is 2.64. The number of esters is 1. The SMILES string of the molecule is COC(=O)CN1CCN(C(=O)c2cccnc2Cl)CC1. The zero-order chi connectivity index (χ0) is 14.5. The lowest BCUT2D eigenvalue weighted by Gasteiger charge is -2.34. The molecule has 1 aromatic rings. The van der Waals surface area contributed by atoms with E-state index < -0.39 is 0 Å². The smallest absolute Gasteiger partial charge is 0.319 e. The summed E-state index contributed by atoms with van der Waals surface area (Å²) in [4.78, 5) is 31.1. The van der Waals surface area contributed by atoms with Gasteiger partial charge in [-0.05, 0) is 12.1 Å². The van der Waals surface area contributed by atoms with Gasteiger partial charge in [-0.2, -0.15) is 0 Å². The van der Waals surface area contributed by atoms with Gasteiger partial charge >= 0.3 is 5.97 Å². The van der Waals surface area contributed by atoms with Gasteiger partial charge in [0.2, 0.25) is 0 Å². The number of piperazine rings is 1. The molecule has 0 aliphatic carbocycles. The quantitative estimate of drug-likeness (QED) is 0.606. The predicted octanol–water partition coefficient (Wildman–Crippen LogP) is 0.666. The van der Waals surface area contributed by atoms with E-state index in [0.29, 0.717) is 31.7 Å². The van der Waals surface area contributed by atoms with Crippen molar-refractivity contribution in [2.24, 2.45) is 0 Å². The van der Waals surface area contributed by atoms with Crippen LogP contribution in [0.15, 0.2) is 18.3 Å². The Hall–Kier alpha value is -1.66. The third-order valence-electron chi connectivity index (χ3n) is 3.23. The van der Waals surface area contributed by atoms with Gasteiger partial charge < -0.3 is 9.64 Å². The van der Waals surface area contributed by atoms with Crippen molar-refractivity contribution in [2.75, 3.05) is 39.8 Å². The van der Waals surface area contributed by atoms with E-state index in [4.69, 9.17) is 11.6 Å². The van der Waals surface area contributed by atoms with Crippen molar-refractivity contribution in [3.8, 4) is 0 Å². The van der Waals surface area contributed by atoms with Crippen molar-refractivity contribution < 1.29 is 14.3 Å². The molecule has 6 nitrogen and oxygen atoms in total. The first kappa shape index (κ1) is 14.7. The number of amides is 1. The van der Waals surface area contributed by atoms with E-state index in [1.807, 2.05) is 4.90 Å². The van der Waals surface area contributed by atoms with Gasteiger partial charge in [-0.3, -0.25) is 14.5 Å². The summed E-state index contributed by atoms with van der Waals surface area (Å²) in [6.07, 6.45) is 1.55. The third-order valence-corrected chi connectivity index (χ3v) is 3.53. The highest BCUT2D eigenvalue weighted by atomic mass is 35.5. The van der Waals surface area contributed by atoms with E-state index in [-0.39, 0.29) is 23.6 Å². The van der Waals surface area contributed by atoms with Gasteiger partial charge in [0, 0.05) is 32.4 Å². The zero-order valence-electron chi connectivity index (χ0n) is 11.2. The molecule has 0 saturated carbocycles. The lowest BCUT2D eigenvalue weighted by Crippen LogP contribution is -2.50. The van der Waals surface area contributed by atoms with E-state index in [1.54, 1.807) is 23.2 Å². The van der Waals surface area contributed by atoms with Crippen LogP contribution in [-0.2, 0) is 9.53 Å². The molecule has 0 aromatic carbocycles. The van der Waals surface area contributed by atoms with Gasteiger partial charge in [-0.1, -0.05) is 11.6 Å². The number of pyridine rings is 1. The van der Waals surface area contributed by atoms with Crippen LogP contribution in [0.1, 0.15) is 10.4 Å². The van der Waals surface area contributed by atoms with Crippen molar-refractivity contribution in [3.05, 3.63) is 29.0 Å². The number of ether oxygens (including phenoxy) is 1. The maximum atomic E-state index is 12.3. The Bertz CT molecular complexity index is 501. The van der Waals surface area contributed by atoms with Gasteiger partial charge in [0.15, 0.2) is 0 Å². The first-order chi connectivity index (χ1) is 9.61. The van der Waals surface area contributed by atoms with Crippen molar-refractivity contribution >= 4 is 23.5 Å². The number of rotatable bonds is 3.